The second-order valence-corrected chi connectivity index (χ2v) is 6.79. The summed E-state index contributed by atoms with van der Waals surface area (Å²) in [6, 6.07) is 0. The van der Waals surface area contributed by atoms with E-state index in [0.717, 1.165) is 6.42 Å². The van der Waals surface area contributed by atoms with Crippen molar-refractivity contribution in [3.05, 3.63) is 0 Å². The van der Waals surface area contributed by atoms with Crippen LogP contribution in [0.1, 0.15) is 40.5 Å². The summed E-state index contributed by atoms with van der Waals surface area (Å²) < 4.78 is 5.52. The van der Waals surface area contributed by atoms with Crippen LogP contribution in [0.3, 0.4) is 0 Å². The molecular formula is C15H24O4. The number of carbonyl (C=O) groups excluding carboxylic acids is 1. The fourth-order valence-electron chi connectivity index (χ4n) is 4.04. The number of rotatable bonds is 4. The number of carbonyl (C=O) groups is 2. The highest BCUT2D eigenvalue weighted by atomic mass is 16.6. The van der Waals surface area contributed by atoms with E-state index in [4.69, 9.17) is 4.74 Å². The van der Waals surface area contributed by atoms with Gasteiger partial charge in [0, 0.05) is 5.92 Å². The molecule has 2 fully saturated rings. The van der Waals surface area contributed by atoms with Gasteiger partial charge in [0.15, 0.2) is 0 Å². The standard InChI is InChI=1S/C15H24O4/c1-7(2)5-11-13-10(15(18)19-11)6-9(14(16)17)12(13)8(3)4/h7-13H,5-6H2,1-4H3,(H,16,17)/t9-,10-,11+,12-,13+/m0/s1. The van der Waals surface area contributed by atoms with Gasteiger partial charge in [-0.05, 0) is 30.6 Å². The van der Waals surface area contributed by atoms with Crippen molar-refractivity contribution in [3.8, 4) is 0 Å². The molecule has 0 amide bonds. The predicted octanol–water partition coefficient (Wildman–Crippen LogP) is 2.57. The molecule has 1 aliphatic carbocycles. The van der Waals surface area contributed by atoms with Crippen LogP contribution in [-0.2, 0) is 14.3 Å². The molecule has 0 bridgehead atoms. The number of fused-ring (bicyclic) bond motifs is 1. The lowest BCUT2D eigenvalue weighted by Gasteiger charge is -2.29. The monoisotopic (exact) mass is 268 g/mol. The topological polar surface area (TPSA) is 63.6 Å². The molecule has 0 aromatic rings. The molecule has 19 heavy (non-hydrogen) atoms. The summed E-state index contributed by atoms with van der Waals surface area (Å²) in [5, 5.41) is 9.39. The number of aliphatic carboxylic acids is 1. The molecule has 0 unspecified atom stereocenters. The van der Waals surface area contributed by atoms with Crippen LogP contribution in [0.5, 0.6) is 0 Å². The highest BCUT2D eigenvalue weighted by molar-refractivity contribution is 5.79. The van der Waals surface area contributed by atoms with Gasteiger partial charge in [0.25, 0.3) is 0 Å². The van der Waals surface area contributed by atoms with Gasteiger partial charge in [0.05, 0.1) is 11.8 Å². The third-order valence-corrected chi connectivity index (χ3v) is 4.67. The molecule has 4 nitrogen and oxygen atoms in total. The molecule has 5 atom stereocenters. The highest BCUT2D eigenvalue weighted by Crippen LogP contribution is 2.52. The van der Waals surface area contributed by atoms with Gasteiger partial charge in [-0.1, -0.05) is 27.7 Å². The van der Waals surface area contributed by atoms with Crippen molar-refractivity contribution in [2.45, 2.75) is 46.6 Å². The van der Waals surface area contributed by atoms with Gasteiger partial charge >= 0.3 is 11.9 Å². The Balaban J connectivity index is 2.27. The van der Waals surface area contributed by atoms with E-state index < -0.39 is 11.9 Å². The summed E-state index contributed by atoms with van der Waals surface area (Å²) in [6.07, 6.45) is 1.20. The Hall–Kier alpha value is -1.06. The lowest BCUT2D eigenvalue weighted by molar-refractivity contribution is -0.148. The van der Waals surface area contributed by atoms with Gasteiger partial charge in [-0.2, -0.15) is 0 Å². The van der Waals surface area contributed by atoms with Crippen LogP contribution >= 0.6 is 0 Å². The highest BCUT2D eigenvalue weighted by Gasteiger charge is 2.58. The van der Waals surface area contributed by atoms with E-state index in [1.54, 1.807) is 0 Å². The number of hydrogen-bond donors (Lipinski definition) is 1. The summed E-state index contributed by atoms with van der Waals surface area (Å²) in [5.74, 6) is -0.661. The Morgan fingerprint density at radius 2 is 2.00 bits per heavy atom. The number of esters is 1. The molecule has 1 heterocycles. The van der Waals surface area contributed by atoms with Crippen LogP contribution in [0.25, 0.3) is 0 Å². The second kappa shape index (κ2) is 5.14. The zero-order valence-corrected chi connectivity index (χ0v) is 12.1. The van der Waals surface area contributed by atoms with Crippen molar-refractivity contribution >= 4 is 11.9 Å². The zero-order valence-electron chi connectivity index (χ0n) is 12.1. The largest absolute Gasteiger partial charge is 0.481 e. The summed E-state index contributed by atoms with van der Waals surface area (Å²) >= 11 is 0. The lowest BCUT2D eigenvalue weighted by Crippen LogP contribution is -2.32. The van der Waals surface area contributed by atoms with Crippen LogP contribution in [-0.4, -0.2) is 23.1 Å². The first kappa shape index (κ1) is 14.4. The molecule has 1 N–H and O–H groups in total. The first-order chi connectivity index (χ1) is 8.82. The minimum absolute atomic E-state index is 0.0534. The Bertz CT molecular complexity index is 374. The lowest BCUT2D eigenvalue weighted by atomic mass is 9.76. The molecular weight excluding hydrogens is 244 g/mol. The van der Waals surface area contributed by atoms with E-state index >= 15 is 0 Å². The Morgan fingerprint density at radius 1 is 1.37 bits per heavy atom. The maximum absolute atomic E-state index is 12.0. The Kier molecular flexibility index (Phi) is 3.88. The number of ether oxygens (including phenoxy) is 1. The van der Waals surface area contributed by atoms with Crippen molar-refractivity contribution in [2.24, 2.45) is 35.5 Å². The molecule has 2 rings (SSSR count). The first-order valence-electron chi connectivity index (χ1n) is 7.26. The van der Waals surface area contributed by atoms with E-state index in [-0.39, 0.29) is 35.7 Å². The van der Waals surface area contributed by atoms with Crippen LogP contribution in [0, 0.1) is 35.5 Å². The number of carboxylic acids is 1. The van der Waals surface area contributed by atoms with Crippen LogP contribution < -0.4 is 0 Å². The van der Waals surface area contributed by atoms with Crippen molar-refractivity contribution in [3.63, 3.8) is 0 Å². The van der Waals surface area contributed by atoms with Gasteiger partial charge < -0.3 is 9.84 Å². The molecule has 0 aromatic heterocycles. The van der Waals surface area contributed by atoms with Crippen molar-refractivity contribution in [1.82, 2.24) is 0 Å². The van der Waals surface area contributed by atoms with Gasteiger partial charge in [-0.25, -0.2) is 0 Å². The van der Waals surface area contributed by atoms with Gasteiger partial charge in [-0.3, -0.25) is 9.59 Å². The molecule has 4 heteroatoms. The fraction of sp³-hybridized carbons (Fsp3) is 0.867. The minimum atomic E-state index is -0.760. The molecule has 1 saturated carbocycles. The van der Waals surface area contributed by atoms with E-state index in [0.29, 0.717) is 12.3 Å². The summed E-state index contributed by atoms with van der Waals surface area (Å²) in [7, 11) is 0. The van der Waals surface area contributed by atoms with Crippen LogP contribution in [0.2, 0.25) is 0 Å². The summed E-state index contributed by atoms with van der Waals surface area (Å²) in [4.78, 5) is 23.4. The van der Waals surface area contributed by atoms with E-state index in [9.17, 15) is 14.7 Å². The number of carboxylic acid groups (broad SMARTS) is 1. The Morgan fingerprint density at radius 3 is 2.47 bits per heavy atom. The molecule has 0 aromatic carbocycles. The summed E-state index contributed by atoms with van der Waals surface area (Å²) in [6.45, 7) is 8.32. The third-order valence-electron chi connectivity index (χ3n) is 4.67. The fourth-order valence-corrected chi connectivity index (χ4v) is 4.04. The van der Waals surface area contributed by atoms with Gasteiger partial charge in [0.2, 0.25) is 0 Å². The minimum Gasteiger partial charge on any atom is -0.481 e. The average Bonchev–Trinajstić information content (AvgIpc) is 2.77. The van der Waals surface area contributed by atoms with Crippen molar-refractivity contribution < 1.29 is 19.4 Å². The molecule has 0 radical (unpaired) electrons. The summed E-state index contributed by atoms with van der Waals surface area (Å²) in [5.41, 5.74) is 0. The van der Waals surface area contributed by atoms with Crippen molar-refractivity contribution in [2.75, 3.05) is 0 Å². The maximum atomic E-state index is 12.0. The molecule has 1 aliphatic heterocycles. The van der Waals surface area contributed by atoms with E-state index in [2.05, 4.69) is 27.7 Å². The quantitative estimate of drug-likeness (QED) is 0.796. The first-order valence-corrected chi connectivity index (χ1v) is 7.26. The zero-order chi connectivity index (χ0) is 14.3. The second-order valence-electron chi connectivity index (χ2n) is 6.79. The average molecular weight is 268 g/mol. The molecule has 1 saturated heterocycles. The van der Waals surface area contributed by atoms with E-state index in [1.165, 1.54) is 0 Å². The third kappa shape index (κ3) is 2.49. The van der Waals surface area contributed by atoms with Crippen LogP contribution in [0.4, 0.5) is 0 Å². The molecule has 2 aliphatic rings. The molecule has 108 valence electrons. The predicted molar refractivity (Wildman–Crippen MR) is 70.4 cm³/mol. The van der Waals surface area contributed by atoms with Gasteiger partial charge in [-0.15, -0.1) is 0 Å². The normalized spacial score (nSPS) is 37.8. The number of hydrogen-bond acceptors (Lipinski definition) is 3. The van der Waals surface area contributed by atoms with Crippen molar-refractivity contribution in [1.29, 1.82) is 0 Å². The van der Waals surface area contributed by atoms with Crippen LogP contribution in [0.15, 0.2) is 0 Å². The number of cyclic esters (lactones) is 1. The Labute approximate surface area is 114 Å². The maximum Gasteiger partial charge on any atom is 0.309 e. The SMILES string of the molecule is CC(C)C[C@H]1OC(=O)[C@H]2C[C@H](C(=O)O)[C@H](C(C)C)[C@H]21. The molecule has 0 spiro atoms. The van der Waals surface area contributed by atoms with E-state index in [1.807, 2.05) is 0 Å². The smallest absolute Gasteiger partial charge is 0.309 e. The van der Waals surface area contributed by atoms with Gasteiger partial charge in [0.1, 0.15) is 6.10 Å².